The van der Waals surface area contributed by atoms with Crippen molar-refractivity contribution in [1.29, 1.82) is 0 Å². The zero-order valence-electron chi connectivity index (χ0n) is 12.0. The van der Waals surface area contributed by atoms with Gasteiger partial charge < -0.3 is 9.84 Å². The first kappa shape index (κ1) is 15.7. The number of aliphatic hydroxyl groups is 1. The van der Waals surface area contributed by atoms with Gasteiger partial charge in [-0.25, -0.2) is 8.42 Å². The van der Waals surface area contributed by atoms with E-state index in [0.29, 0.717) is 19.3 Å². The molecule has 6 nitrogen and oxygen atoms in total. The third-order valence-electron chi connectivity index (χ3n) is 4.36. The van der Waals surface area contributed by atoms with Crippen LogP contribution in [0, 0.1) is 5.92 Å². The van der Waals surface area contributed by atoms with Gasteiger partial charge in [-0.05, 0) is 19.3 Å². The molecule has 2 atom stereocenters. The van der Waals surface area contributed by atoms with E-state index >= 15 is 0 Å². The van der Waals surface area contributed by atoms with Gasteiger partial charge in [-0.2, -0.15) is 4.31 Å². The molecule has 1 saturated carbocycles. The Kier molecular flexibility index (Phi) is 4.41. The van der Waals surface area contributed by atoms with Crippen molar-refractivity contribution in [2.45, 2.75) is 49.9 Å². The molecule has 1 heterocycles. The van der Waals surface area contributed by atoms with Crippen molar-refractivity contribution in [3.8, 4) is 0 Å². The summed E-state index contributed by atoms with van der Waals surface area (Å²) in [5.74, 6) is -1.01. The summed E-state index contributed by atoms with van der Waals surface area (Å²) >= 11 is 0. The SMILES string of the molecule is CCCC1(O)CN(S(=O)(=O)C2CCCC2C(=O)OC)C1. The van der Waals surface area contributed by atoms with Gasteiger partial charge in [0.15, 0.2) is 0 Å². The number of hydrogen-bond donors (Lipinski definition) is 1. The van der Waals surface area contributed by atoms with Crippen molar-refractivity contribution in [3.63, 3.8) is 0 Å². The van der Waals surface area contributed by atoms with E-state index < -0.39 is 32.8 Å². The molecular weight excluding hydrogens is 282 g/mol. The molecule has 1 N–H and O–H groups in total. The molecule has 20 heavy (non-hydrogen) atoms. The third-order valence-corrected chi connectivity index (χ3v) is 6.66. The van der Waals surface area contributed by atoms with E-state index in [-0.39, 0.29) is 13.1 Å². The first-order valence-electron chi connectivity index (χ1n) is 7.13. The molecule has 0 radical (unpaired) electrons. The molecule has 1 aliphatic heterocycles. The van der Waals surface area contributed by atoms with Crippen molar-refractivity contribution in [3.05, 3.63) is 0 Å². The van der Waals surface area contributed by atoms with Crippen molar-refractivity contribution < 1.29 is 23.1 Å². The summed E-state index contributed by atoms with van der Waals surface area (Å²) in [6.07, 6.45) is 3.19. The highest BCUT2D eigenvalue weighted by molar-refractivity contribution is 7.89. The number of sulfonamides is 1. The minimum absolute atomic E-state index is 0.146. The molecule has 0 bridgehead atoms. The largest absolute Gasteiger partial charge is 0.469 e. The van der Waals surface area contributed by atoms with Gasteiger partial charge in [-0.3, -0.25) is 4.79 Å². The van der Waals surface area contributed by atoms with Gasteiger partial charge in [0, 0.05) is 13.1 Å². The molecule has 2 aliphatic rings. The monoisotopic (exact) mass is 305 g/mol. The number of hydrogen-bond acceptors (Lipinski definition) is 5. The van der Waals surface area contributed by atoms with Crippen LogP contribution >= 0.6 is 0 Å². The minimum Gasteiger partial charge on any atom is -0.469 e. The van der Waals surface area contributed by atoms with Gasteiger partial charge >= 0.3 is 5.97 Å². The Bertz CT molecular complexity index is 469. The molecule has 7 heteroatoms. The number of β-amino-alcohol motifs (C(OH)–C–C–N with tert-alkyl or cyclic N) is 1. The molecule has 2 fully saturated rings. The van der Waals surface area contributed by atoms with Crippen LogP contribution in [0.25, 0.3) is 0 Å². The third kappa shape index (κ3) is 2.71. The van der Waals surface area contributed by atoms with Crippen LogP contribution in [-0.4, -0.2) is 54.8 Å². The molecular formula is C13H23NO5S. The van der Waals surface area contributed by atoms with Gasteiger partial charge in [0.25, 0.3) is 0 Å². The van der Waals surface area contributed by atoms with E-state index in [2.05, 4.69) is 0 Å². The van der Waals surface area contributed by atoms with Crippen LogP contribution in [0.2, 0.25) is 0 Å². The average molecular weight is 305 g/mol. The lowest BCUT2D eigenvalue weighted by molar-refractivity contribution is -0.145. The van der Waals surface area contributed by atoms with Crippen LogP contribution in [0.4, 0.5) is 0 Å². The first-order valence-corrected chi connectivity index (χ1v) is 8.63. The lowest BCUT2D eigenvalue weighted by Gasteiger charge is -2.46. The Balaban J connectivity index is 2.06. The van der Waals surface area contributed by atoms with Crippen LogP contribution in [0.3, 0.4) is 0 Å². The summed E-state index contributed by atoms with van der Waals surface area (Å²) in [5, 5.41) is 9.42. The topological polar surface area (TPSA) is 83.9 Å². The summed E-state index contributed by atoms with van der Waals surface area (Å²) < 4.78 is 31.1. The van der Waals surface area contributed by atoms with E-state index in [1.165, 1.54) is 11.4 Å². The second-order valence-corrected chi connectivity index (χ2v) is 8.04. The first-order chi connectivity index (χ1) is 9.34. The van der Waals surface area contributed by atoms with Crippen LogP contribution in [-0.2, 0) is 19.6 Å². The van der Waals surface area contributed by atoms with Gasteiger partial charge in [-0.15, -0.1) is 0 Å². The summed E-state index contributed by atoms with van der Waals surface area (Å²) in [5.41, 5.74) is -0.888. The number of carbonyl (C=O) groups is 1. The highest BCUT2D eigenvalue weighted by Gasteiger charge is 2.52. The number of ether oxygens (including phenoxy) is 1. The Labute approximate surface area is 120 Å². The summed E-state index contributed by atoms with van der Waals surface area (Å²) in [7, 11) is -2.24. The lowest BCUT2D eigenvalue weighted by Crippen LogP contribution is -2.65. The van der Waals surface area contributed by atoms with Gasteiger partial charge in [0.2, 0.25) is 10.0 Å². The maximum absolute atomic E-state index is 12.5. The standard InChI is InChI=1S/C13H23NO5S/c1-3-7-13(16)8-14(9-13)20(17,18)11-6-4-5-10(11)12(15)19-2/h10-11,16H,3-9H2,1-2H3. The van der Waals surface area contributed by atoms with E-state index in [1.807, 2.05) is 6.92 Å². The summed E-state index contributed by atoms with van der Waals surface area (Å²) in [6.45, 7) is 2.25. The fraction of sp³-hybridized carbons (Fsp3) is 0.923. The summed E-state index contributed by atoms with van der Waals surface area (Å²) in [4.78, 5) is 11.7. The predicted molar refractivity (Wildman–Crippen MR) is 73.5 cm³/mol. The Hall–Kier alpha value is -0.660. The average Bonchev–Trinajstić information content (AvgIpc) is 2.85. The van der Waals surface area contributed by atoms with Crippen molar-refractivity contribution >= 4 is 16.0 Å². The Morgan fingerprint density at radius 3 is 2.60 bits per heavy atom. The molecule has 2 unspecified atom stereocenters. The number of nitrogens with zero attached hydrogens (tertiary/aromatic N) is 1. The van der Waals surface area contributed by atoms with E-state index in [4.69, 9.17) is 4.74 Å². The maximum atomic E-state index is 12.5. The second kappa shape index (κ2) is 5.61. The quantitative estimate of drug-likeness (QED) is 0.748. The number of rotatable bonds is 5. The smallest absolute Gasteiger partial charge is 0.310 e. The Morgan fingerprint density at radius 2 is 2.05 bits per heavy atom. The number of esters is 1. The molecule has 0 spiro atoms. The predicted octanol–water partition coefficient (Wildman–Crippen LogP) is 0.505. The van der Waals surface area contributed by atoms with Gasteiger partial charge in [-0.1, -0.05) is 19.8 Å². The van der Waals surface area contributed by atoms with Gasteiger partial charge in [0.05, 0.1) is 23.9 Å². The van der Waals surface area contributed by atoms with Crippen molar-refractivity contribution in [1.82, 2.24) is 4.31 Å². The van der Waals surface area contributed by atoms with Crippen molar-refractivity contribution in [2.24, 2.45) is 5.92 Å². The highest BCUT2D eigenvalue weighted by atomic mass is 32.2. The molecule has 0 amide bonds. The van der Waals surface area contributed by atoms with Gasteiger partial charge in [0.1, 0.15) is 0 Å². The molecule has 0 aromatic heterocycles. The highest BCUT2D eigenvalue weighted by Crippen LogP contribution is 2.37. The molecule has 1 aliphatic carbocycles. The molecule has 0 aromatic carbocycles. The maximum Gasteiger partial charge on any atom is 0.310 e. The number of methoxy groups -OCH3 is 1. The molecule has 116 valence electrons. The lowest BCUT2D eigenvalue weighted by atomic mass is 9.92. The van der Waals surface area contributed by atoms with E-state index in [1.54, 1.807) is 0 Å². The van der Waals surface area contributed by atoms with Crippen LogP contribution in [0.1, 0.15) is 39.0 Å². The van der Waals surface area contributed by atoms with E-state index in [9.17, 15) is 18.3 Å². The fourth-order valence-electron chi connectivity index (χ4n) is 3.31. The van der Waals surface area contributed by atoms with Crippen LogP contribution in [0.15, 0.2) is 0 Å². The van der Waals surface area contributed by atoms with Crippen molar-refractivity contribution in [2.75, 3.05) is 20.2 Å². The van der Waals surface area contributed by atoms with E-state index in [0.717, 1.165) is 12.8 Å². The normalized spacial score (nSPS) is 29.9. The van der Waals surface area contributed by atoms with Crippen LogP contribution < -0.4 is 0 Å². The second-order valence-electron chi connectivity index (χ2n) is 5.89. The molecule has 2 rings (SSSR count). The minimum atomic E-state index is -3.52. The van der Waals surface area contributed by atoms with Crippen LogP contribution in [0.5, 0.6) is 0 Å². The molecule has 0 aromatic rings. The molecule has 1 saturated heterocycles. The zero-order valence-corrected chi connectivity index (χ0v) is 12.9. The Morgan fingerprint density at radius 1 is 1.40 bits per heavy atom. The fourth-order valence-corrected chi connectivity index (χ4v) is 5.66. The number of carbonyl (C=O) groups excluding carboxylic acids is 1. The summed E-state index contributed by atoms with van der Waals surface area (Å²) in [6, 6.07) is 0. The zero-order chi connectivity index (χ0) is 15.0.